The number of nitrogens with zero attached hydrogens (tertiary/aromatic N) is 3. The van der Waals surface area contributed by atoms with E-state index in [0.717, 1.165) is 10.9 Å². The summed E-state index contributed by atoms with van der Waals surface area (Å²) in [7, 11) is -16.3. The molecule has 0 aromatic carbocycles. The molecule has 3 heterocycles. The van der Waals surface area contributed by atoms with Gasteiger partial charge in [0.05, 0.1) is 12.9 Å². The van der Waals surface area contributed by atoms with E-state index < -0.39 is 66.0 Å². The number of nitrogens with two attached hydrogens (primary N) is 1. The minimum absolute atomic E-state index is 0.110. The van der Waals surface area contributed by atoms with Crippen molar-refractivity contribution in [3.05, 3.63) is 16.7 Å². The SMILES string of the molecule is Nc1nc2c(ncn2[C@@H]2O[C@H](COP(=O)(O)OP(=O)(O)C[P+]([O-])([O-])[O-])[C@@H](O)[C@H]2O)c(=O)[nH]1. The quantitative estimate of drug-likeness (QED) is 0.179. The van der Waals surface area contributed by atoms with Crippen LogP contribution in [0.2, 0.25) is 0 Å². The summed E-state index contributed by atoms with van der Waals surface area (Å²) < 4.78 is 38.1. The van der Waals surface area contributed by atoms with Gasteiger partial charge in [0.2, 0.25) is 5.95 Å². The molecule has 0 saturated carbocycles. The number of rotatable bonds is 8. The molecule has 0 radical (unpaired) electrons. The molecule has 2 aromatic heterocycles. The molecule has 18 nitrogen and oxygen atoms in total. The Morgan fingerprint density at radius 1 is 1.28 bits per heavy atom. The van der Waals surface area contributed by atoms with Gasteiger partial charge in [0.25, 0.3) is 5.56 Å². The average Bonchev–Trinajstić information content (AvgIpc) is 3.12. The summed E-state index contributed by atoms with van der Waals surface area (Å²) in [4.78, 5) is 72.3. The second-order valence-corrected chi connectivity index (χ2v) is 12.0. The molecule has 21 heteroatoms. The Labute approximate surface area is 177 Å². The predicted octanol–water partition coefficient (Wildman–Crippen LogP) is -4.56. The number of imidazole rings is 1. The Hall–Kier alpha value is -1.36. The van der Waals surface area contributed by atoms with Gasteiger partial charge < -0.3 is 45.2 Å². The number of fused-ring (bicyclic) bond motifs is 1. The number of aliphatic hydroxyl groups excluding tert-OH is 2. The van der Waals surface area contributed by atoms with Crippen LogP contribution in [0, 0.1) is 0 Å². The van der Waals surface area contributed by atoms with Crippen molar-refractivity contribution < 1.29 is 57.4 Å². The summed E-state index contributed by atoms with van der Waals surface area (Å²) in [6.45, 7) is -0.988. The number of hydrogen-bond acceptors (Lipinski definition) is 14. The number of hydrogen-bond donors (Lipinski definition) is 6. The first-order valence-electron chi connectivity index (χ1n) is 8.34. The number of anilines is 1. The van der Waals surface area contributed by atoms with E-state index in [9.17, 15) is 48.6 Å². The van der Waals surface area contributed by atoms with Crippen LogP contribution < -0.4 is 26.0 Å². The number of phosphoric acid groups is 1. The number of nitrogen functional groups attached to an aromatic ring is 1. The fraction of sp³-hybridized carbons (Fsp3) is 0.545. The molecule has 32 heavy (non-hydrogen) atoms. The maximum Gasteiger partial charge on any atom is 0.479 e. The van der Waals surface area contributed by atoms with E-state index in [-0.39, 0.29) is 17.1 Å². The fourth-order valence-corrected chi connectivity index (χ4v) is 7.06. The van der Waals surface area contributed by atoms with E-state index in [4.69, 9.17) is 10.5 Å². The third-order valence-corrected chi connectivity index (χ3v) is 9.18. The first kappa shape index (κ1) is 25.3. The first-order valence-corrected chi connectivity index (χ1v) is 13.3. The predicted molar refractivity (Wildman–Crippen MR) is 97.0 cm³/mol. The van der Waals surface area contributed by atoms with Gasteiger partial charge in [-0.05, 0) is 0 Å². The summed E-state index contributed by atoms with van der Waals surface area (Å²) >= 11 is 0. The normalized spacial score (nSPS) is 28.0. The van der Waals surface area contributed by atoms with Gasteiger partial charge in [0.15, 0.2) is 17.4 Å². The van der Waals surface area contributed by atoms with E-state index in [2.05, 4.69) is 23.8 Å². The van der Waals surface area contributed by atoms with E-state index in [1.807, 2.05) is 0 Å². The van der Waals surface area contributed by atoms with Crippen molar-refractivity contribution in [3.8, 4) is 0 Å². The Morgan fingerprint density at radius 2 is 1.94 bits per heavy atom. The monoisotopic (exact) mass is 519 g/mol. The van der Waals surface area contributed by atoms with Gasteiger partial charge in [-0.15, -0.1) is 0 Å². The lowest BCUT2D eigenvalue weighted by molar-refractivity contribution is -0.426. The van der Waals surface area contributed by atoms with E-state index in [0.29, 0.717) is 0 Å². The molecule has 1 saturated heterocycles. The zero-order valence-corrected chi connectivity index (χ0v) is 18.2. The van der Waals surface area contributed by atoms with Crippen LogP contribution in [0.5, 0.6) is 0 Å². The maximum atomic E-state index is 11.9. The lowest BCUT2D eigenvalue weighted by Crippen LogP contribution is -2.35. The van der Waals surface area contributed by atoms with Crippen molar-refractivity contribution in [3.63, 3.8) is 0 Å². The van der Waals surface area contributed by atoms with Crippen LogP contribution >= 0.6 is 23.4 Å². The number of phosphoric ester groups is 1. The van der Waals surface area contributed by atoms with Crippen molar-refractivity contribution in [1.82, 2.24) is 19.5 Å². The second kappa shape index (κ2) is 8.77. The van der Waals surface area contributed by atoms with Gasteiger partial charge in [0.1, 0.15) is 24.2 Å². The van der Waals surface area contributed by atoms with Crippen molar-refractivity contribution >= 4 is 40.5 Å². The van der Waals surface area contributed by atoms with Crippen LogP contribution in [-0.2, 0) is 22.7 Å². The Kier molecular flexibility index (Phi) is 6.93. The van der Waals surface area contributed by atoms with E-state index >= 15 is 0 Å². The summed E-state index contributed by atoms with van der Waals surface area (Å²) in [5.41, 5.74) is 4.51. The Bertz CT molecular complexity index is 1150. The summed E-state index contributed by atoms with van der Waals surface area (Å²) in [5, 5.41) is 20.4. The lowest BCUT2D eigenvalue weighted by Gasteiger charge is -2.42. The van der Waals surface area contributed by atoms with E-state index in [1.165, 1.54) is 0 Å². The molecular weight excluding hydrogens is 503 g/mol. The zero-order chi connectivity index (χ0) is 24.1. The minimum atomic E-state index is -5.57. The van der Waals surface area contributed by atoms with Crippen LogP contribution in [0.1, 0.15) is 6.23 Å². The number of nitrogens with one attached hydrogen (secondary N) is 1. The van der Waals surface area contributed by atoms with Crippen molar-refractivity contribution in [2.45, 2.75) is 24.5 Å². The molecule has 180 valence electrons. The molecular formula is C11H16N5O13P3-2. The molecule has 6 atom stereocenters. The van der Waals surface area contributed by atoms with E-state index in [1.54, 1.807) is 0 Å². The number of aromatic amines is 1. The summed E-state index contributed by atoms with van der Waals surface area (Å²) in [6, 6.07) is 0. The smallest absolute Gasteiger partial charge is 0.479 e. The third kappa shape index (κ3) is 5.76. The molecule has 0 spiro atoms. The zero-order valence-electron chi connectivity index (χ0n) is 15.5. The third-order valence-electron chi connectivity index (χ3n) is 4.05. The van der Waals surface area contributed by atoms with Crippen molar-refractivity contribution in [1.29, 1.82) is 0 Å². The number of ether oxygens (including phenoxy) is 1. The van der Waals surface area contributed by atoms with Gasteiger partial charge in [-0.2, -0.15) is 12.9 Å². The highest BCUT2D eigenvalue weighted by molar-refractivity contribution is 7.74. The van der Waals surface area contributed by atoms with Crippen LogP contribution in [0.3, 0.4) is 0 Å². The molecule has 1 aliphatic heterocycles. The molecule has 0 amide bonds. The standard InChI is InChI=1S/C11H18N5O13P3/c12-11-14-8-5(9(19)15-11)13-2-16(8)10-7(18)6(17)4(28-10)1-27-32(25,26)29-31(23,24)3-30(20,21)22/h2,4,6-7,10,17-18H,1,3H2,(H,23,24)(H,25,26)(H2,20,21,22)(H3,12,14,15,19)/p-2/t4-,6-,7-,10-/m1/s1. The molecule has 3 rings (SSSR count). The second-order valence-electron chi connectivity index (χ2n) is 6.56. The van der Waals surface area contributed by atoms with Crippen LogP contribution in [0.15, 0.2) is 11.1 Å². The molecule has 2 aromatic rings. The maximum absolute atomic E-state index is 11.9. The minimum Gasteiger partial charge on any atom is -0.687 e. The molecule has 0 bridgehead atoms. The van der Waals surface area contributed by atoms with Gasteiger partial charge >= 0.3 is 15.4 Å². The number of H-pyrrole nitrogens is 1. The first-order chi connectivity index (χ1) is 14.6. The van der Waals surface area contributed by atoms with Gasteiger partial charge in [0, 0.05) is 0 Å². The fourth-order valence-electron chi connectivity index (χ4n) is 2.82. The average molecular weight is 519 g/mol. The lowest BCUT2D eigenvalue weighted by atomic mass is 10.1. The van der Waals surface area contributed by atoms with Gasteiger partial charge in [-0.1, -0.05) is 0 Å². The summed E-state index contributed by atoms with van der Waals surface area (Å²) in [6.07, 6.45) is -5.28. The van der Waals surface area contributed by atoms with Crippen LogP contribution in [0.25, 0.3) is 11.2 Å². The highest BCUT2D eigenvalue weighted by Crippen LogP contribution is 2.64. The van der Waals surface area contributed by atoms with Crippen molar-refractivity contribution in [2.24, 2.45) is 0 Å². The molecule has 2 unspecified atom stereocenters. The van der Waals surface area contributed by atoms with Crippen LogP contribution in [0.4, 0.5) is 5.95 Å². The van der Waals surface area contributed by atoms with Gasteiger partial charge in [-0.3, -0.25) is 23.4 Å². The van der Waals surface area contributed by atoms with Crippen molar-refractivity contribution in [2.75, 3.05) is 18.2 Å². The molecule has 0 aliphatic carbocycles. The molecule has 7 N–H and O–H groups in total. The molecule has 1 fully saturated rings. The highest BCUT2D eigenvalue weighted by atomic mass is 31.3. The Balaban J connectivity index is 1.72. The topological polar surface area (TPSA) is 302 Å². The summed E-state index contributed by atoms with van der Waals surface area (Å²) in [5.74, 6) is -2.23. The number of aromatic nitrogens is 4. The largest absolute Gasteiger partial charge is 0.687 e. The highest BCUT2D eigenvalue weighted by Gasteiger charge is 2.46. The Morgan fingerprint density at radius 3 is 2.56 bits per heavy atom. The van der Waals surface area contributed by atoms with Crippen LogP contribution in [-0.4, -0.2) is 70.3 Å². The molecule has 1 aliphatic rings. The van der Waals surface area contributed by atoms with Gasteiger partial charge in [-0.25, -0.2) is 13.9 Å². The number of aliphatic hydroxyl groups is 2.